The summed E-state index contributed by atoms with van der Waals surface area (Å²) in [5.41, 5.74) is 0. The molecule has 4 nitrogen and oxygen atoms in total. The van der Waals surface area contributed by atoms with Gasteiger partial charge >= 0.3 is 0 Å². The first-order valence-electron chi connectivity index (χ1n) is 7.38. The van der Waals surface area contributed by atoms with E-state index < -0.39 is 0 Å². The van der Waals surface area contributed by atoms with Crippen LogP contribution in [0.25, 0.3) is 0 Å². The predicted octanol–water partition coefficient (Wildman–Crippen LogP) is 0.889. The number of hydrogen-bond acceptors (Lipinski definition) is 3. The number of piperidine rings is 2. The molecule has 0 radical (unpaired) electrons. The van der Waals surface area contributed by atoms with Gasteiger partial charge in [0.2, 0.25) is 5.91 Å². The lowest BCUT2D eigenvalue weighted by Gasteiger charge is -2.40. The summed E-state index contributed by atoms with van der Waals surface area (Å²) in [5, 5.41) is 13.2. The molecule has 18 heavy (non-hydrogen) atoms. The zero-order valence-electron chi connectivity index (χ0n) is 11.1. The van der Waals surface area contributed by atoms with E-state index in [2.05, 4.69) is 17.1 Å². The van der Waals surface area contributed by atoms with Gasteiger partial charge in [-0.05, 0) is 45.4 Å². The van der Waals surface area contributed by atoms with Gasteiger partial charge in [0.1, 0.15) is 0 Å². The molecular formula is C14H24N2O2. The minimum Gasteiger partial charge on any atom is -0.393 e. The first kappa shape index (κ1) is 12.4. The van der Waals surface area contributed by atoms with E-state index in [9.17, 15) is 9.90 Å². The Morgan fingerprint density at radius 2 is 1.83 bits per heavy atom. The Kier molecular flexibility index (Phi) is 3.32. The number of rotatable bonds is 1. The fourth-order valence-electron chi connectivity index (χ4n) is 3.93. The number of aliphatic hydroxyl groups is 1. The van der Waals surface area contributed by atoms with Crippen LogP contribution in [0, 0.1) is 5.92 Å². The van der Waals surface area contributed by atoms with Crippen LogP contribution in [0.5, 0.6) is 0 Å². The monoisotopic (exact) mass is 252 g/mol. The zero-order valence-corrected chi connectivity index (χ0v) is 11.1. The van der Waals surface area contributed by atoms with Crippen molar-refractivity contribution in [2.24, 2.45) is 5.92 Å². The fourth-order valence-corrected chi connectivity index (χ4v) is 3.93. The Hall–Kier alpha value is -0.610. The molecule has 0 saturated carbocycles. The molecule has 3 saturated heterocycles. The third-order valence-corrected chi connectivity index (χ3v) is 4.97. The van der Waals surface area contributed by atoms with Crippen molar-refractivity contribution in [2.45, 2.75) is 69.7 Å². The Morgan fingerprint density at radius 1 is 1.17 bits per heavy atom. The van der Waals surface area contributed by atoms with Crippen LogP contribution in [0.15, 0.2) is 0 Å². The summed E-state index contributed by atoms with van der Waals surface area (Å²) >= 11 is 0. The topological polar surface area (TPSA) is 52.6 Å². The van der Waals surface area contributed by atoms with E-state index in [1.54, 1.807) is 0 Å². The Labute approximate surface area is 109 Å². The molecule has 3 aliphatic rings. The van der Waals surface area contributed by atoms with Crippen molar-refractivity contribution in [3.05, 3.63) is 0 Å². The highest BCUT2D eigenvalue weighted by atomic mass is 16.3. The number of amides is 1. The van der Waals surface area contributed by atoms with Crippen LogP contribution in [0.2, 0.25) is 0 Å². The van der Waals surface area contributed by atoms with E-state index in [0.717, 1.165) is 45.1 Å². The molecule has 0 aliphatic carbocycles. The van der Waals surface area contributed by atoms with Crippen LogP contribution in [-0.2, 0) is 4.79 Å². The van der Waals surface area contributed by atoms with Crippen molar-refractivity contribution < 1.29 is 9.90 Å². The highest BCUT2D eigenvalue weighted by Crippen LogP contribution is 2.37. The van der Waals surface area contributed by atoms with E-state index >= 15 is 0 Å². The predicted molar refractivity (Wildman–Crippen MR) is 69.1 cm³/mol. The van der Waals surface area contributed by atoms with E-state index in [0.29, 0.717) is 24.0 Å². The second kappa shape index (κ2) is 4.82. The Bertz CT molecular complexity index is 312. The molecule has 0 spiro atoms. The average Bonchev–Trinajstić information content (AvgIpc) is 2.62. The molecule has 4 heteroatoms. The van der Waals surface area contributed by atoms with E-state index in [4.69, 9.17) is 0 Å². The standard InChI is InChI=1S/C14H24N2O2/c1-9-2-3-10(8-15-9)14(18)16-11-4-5-12(16)7-13(17)6-11/h9-13,15,17H,2-8H2,1H3. The van der Waals surface area contributed by atoms with Crippen LogP contribution in [0.4, 0.5) is 0 Å². The molecule has 0 aromatic carbocycles. The average molecular weight is 252 g/mol. The van der Waals surface area contributed by atoms with Crippen LogP contribution in [0.1, 0.15) is 45.4 Å². The summed E-state index contributed by atoms with van der Waals surface area (Å²) < 4.78 is 0. The fraction of sp³-hybridized carbons (Fsp3) is 0.929. The van der Waals surface area contributed by atoms with Crippen LogP contribution in [0.3, 0.4) is 0 Å². The Balaban J connectivity index is 1.66. The summed E-state index contributed by atoms with van der Waals surface area (Å²) in [6.07, 6.45) is 5.69. The van der Waals surface area contributed by atoms with E-state index in [1.807, 2.05) is 0 Å². The lowest BCUT2D eigenvalue weighted by Crippen LogP contribution is -2.53. The smallest absolute Gasteiger partial charge is 0.227 e. The maximum atomic E-state index is 12.6. The maximum Gasteiger partial charge on any atom is 0.227 e. The van der Waals surface area contributed by atoms with Gasteiger partial charge in [-0.25, -0.2) is 0 Å². The lowest BCUT2D eigenvalue weighted by molar-refractivity contribution is -0.142. The van der Waals surface area contributed by atoms with E-state index in [-0.39, 0.29) is 12.0 Å². The third kappa shape index (κ3) is 2.16. The molecular weight excluding hydrogens is 228 g/mol. The SMILES string of the molecule is CC1CCC(C(=O)N2C3CCC2CC(O)C3)CN1. The van der Waals surface area contributed by atoms with Crippen molar-refractivity contribution in [1.82, 2.24) is 10.2 Å². The molecule has 3 heterocycles. The van der Waals surface area contributed by atoms with Gasteiger partial charge in [-0.1, -0.05) is 0 Å². The maximum absolute atomic E-state index is 12.6. The van der Waals surface area contributed by atoms with E-state index in [1.165, 1.54) is 0 Å². The quantitative estimate of drug-likeness (QED) is 0.728. The molecule has 2 N–H and O–H groups in total. The summed E-state index contributed by atoms with van der Waals surface area (Å²) in [5.74, 6) is 0.508. The lowest BCUT2D eigenvalue weighted by atomic mass is 9.91. The number of carbonyl (C=O) groups excluding carboxylic acids is 1. The molecule has 2 bridgehead atoms. The van der Waals surface area contributed by atoms with Gasteiger partial charge in [0.25, 0.3) is 0 Å². The van der Waals surface area contributed by atoms with Gasteiger partial charge < -0.3 is 15.3 Å². The molecule has 4 atom stereocenters. The molecule has 102 valence electrons. The number of aliphatic hydroxyl groups excluding tert-OH is 1. The second-order valence-electron chi connectivity index (χ2n) is 6.34. The van der Waals surface area contributed by atoms with Crippen molar-refractivity contribution in [3.8, 4) is 0 Å². The van der Waals surface area contributed by atoms with Crippen LogP contribution in [-0.4, -0.2) is 46.7 Å². The first-order valence-corrected chi connectivity index (χ1v) is 7.38. The number of hydrogen-bond donors (Lipinski definition) is 2. The third-order valence-electron chi connectivity index (χ3n) is 4.97. The van der Waals surface area contributed by atoms with Crippen LogP contribution < -0.4 is 5.32 Å². The van der Waals surface area contributed by atoms with Gasteiger partial charge in [-0.3, -0.25) is 4.79 Å². The van der Waals surface area contributed by atoms with Crippen molar-refractivity contribution in [1.29, 1.82) is 0 Å². The minimum atomic E-state index is -0.184. The number of nitrogens with zero attached hydrogens (tertiary/aromatic N) is 1. The highest BCUT2D eigenvalue weighted by Gasteiger charge is 2.44. The number of carbonyl (C=O) groups is 1. The van der Waals surface area contributed by atoms with Crippen molar-refractivity contribution in [3.63, 3.8) is 0 Å². The largest absolute Gasteiger partial charge is 0.393 e. The van der Waals surface area contributed by atoms with Crippen LogP contribution >= 0.6 is 0 Å². The first-order chi connectivity index (χ1) is 8.65. The molecule has 3 fully saturated rings. The summed E-state index contributed by atoms with van der Waals surface area (Å²) in [6, 6.07) is 1.17. The number of nitrogens with one attached hydrogen (secondary N) is 1. The molecule has 3 rings (SSSR count). The van der Waals surface area contributed by atoms with Crippen molar-refractivity contribution in [2.75, 3.05) is 6.54 Å². The summed E-state index contributed by atoms with van der Waals surface area (Å²) in [6.45, 7) is 3.01. The second-order valence-corrected chi connectivity index (χ2v) is 6.34. The molecule has 3 aliphatic heterocycles. The highest BCUT2D eigenvalue weighted by molar-refractivity contribution is 5.80. The number of fused-ring (bicyclic) bond motifs is 2. The molecule has 4 unspecified atom stereocenters. The summed E-state index contributed by atoms with van der Waals surface area (Å²) in [4.78, 5) is 14.8. The molecule has 0 aromatic rings. The molecule has 0 aromatic heterocycles. The van der Waals surface area contributed by atoms with Gasteiger partial charge in [-0.15, -0.1) is 0 Å². The summed E-state index contributed by atoms with van der Waals surface area (Å²) in [7, 11) is 0. The van der Waals surface area contributed by atoms with Gasteiger partial charge in [0.15, 0.2) is 0 Å². The minimum absolute atomic E-state index is 0.166. The van der Waals surface area contributed by atoms with Gasteiger partial charge in [0, 0.05) is 24.7 Å². The van der Waals surface area contributed by atoms with Gasteiger partial charge in [-0.2, -0.15) is 0 Å². The zero-order chi connectivity index (χ0) is 12.7. The van der Waals surface area contributed by atoms with Crippen molar-refractivity contribution >= 4 is 5.91 Å². The van der Waals surface area contributed by atoms with Gasteiger partial charge in [0.05, 0.1) is 12.0 Å². The Morgan fingerprint density at radius 3 is 2.39 bits per heavy atom. The normalized spacial score (nSPS) is 44.1. The molecule has 1 amide bonds.